The van der Waals surface area contributed by atoms with Crippen LogP contribution in [0.15, 0.2) is 24.4 Å². The number of nitrogens with one attached hydrogen (secondary N) is 1. The molecule has 0 spiro atoms. The molecule has 1 heterocycles. The number of rotatable bonds is 1. The van der Waals surface area contributed by atoms with E-state index >= 15 is 0 Å². The van der Waals surface area contributed by atoms with E-state index in [0.29, 0.717) is 5.52 Å². The monoisotopic (exact) mass is 163 g/mol. The maximum atomic E-state index is 9.37. The minimum absolute atomic E-state index is 0.0105. The van der Waals surface area contributed by atoms with Crippen LogP contribution in [0.5, 0.6) is 5.75 Å². The van der Waals surface area contributed by atoms with Crippen LogP contribution >= 0.6 is 0 Å². The number of aromatic amines is 1. The second-order valence-corrected chi connectivity index (χ2v) is 2.67. The molecule has 0 aliphatic carbocycles. The zero-order valence-electron chi connectivity index (χ0n) is 6.41. The fourth-order valence-corrected chi connectivity index (χ4v) is 1.33. The summed E-state index contributed by atoms with van der Waals surface area (Å²) < 4.78 is 0. The van der Waals surface area contributed by atoms with Crippen molar-refractivity contribution in [3.8, 4) is 5.75 Å². The predicted octanol–water partition coefficient (Wildman–Crippen LogP) is 1.37. The molecule has 2 rings (SSSR count). The maximum absolute atomic E-state index is 9.37. The fraction of sp³-hybridized carbons (Fsp3) is 0.111. The van der Waals surface area contributed by atoms with Crippen LogP contribution < -0.4 is 0 Å². The summed E-state index contributed by atoms with van der Waals surface area (Å²) in [6, 6.07) is 5.22. The molecule has 0 saturated heterocycles. The van der Waals surface area contributed by atoms with Gasteiger partial charge in [0.1, 0.15) is 5.75 Å². The van der Waals surface area contributed by atoms with Gasteiger partial charge >= 0.3 is 0 Å². The summed E-state index contributed by atoms with van der Waals surface area (Å²) in [4.78, 5) is 2.90. The van der Waals surface area contributed by atoms with Crippen molar-refractivity contribution < 1.29 is 10.2 Å². The molecule has 3 heteroatoms. The van der Waals surface area contributed by atoms with E-state index in [9.17, 15) is 5.11 Å². The van der Waals surface area contributed by atoms with Gasteiger partial charge in [0.15, 0.2) is 0 Å². The highest BCUT2D eigenvalue weighted by Crippen LogP contribution is 2.25. The summed E-state index contributed by atoms with van der Waals surface area (Å²) in [5.41, 5.74) is 1.49. The van der Waals surface area contributed by atoms with Gasteiger partial charge in [0.05, 0.1) is 12.1 Å². The van der Waals surface area contributed by atoms with Crippen LogP contribution in [0.1, 0.15) is 5.56 Å². The molecule has 0 atom stereocenters. The lowest BCUT2D eigenvalue weighted by atomic mass is 10.2. The molecule has 62 valence electrons. The molecular weight excluding hydrogens is 154 g/mol. The SMILES string of the molecule is OCc1c[nH]c2c(O)cccc12. The van der Waals surface area contributed by atoms with Crippen molar-refractivity contribution in [1.29, 1.82) is 0 Å². The third-order valence-electron chi connectivity index (χ3n) is 1.95. The van der Waals surface area contributed by atoms with E-state index < -0.39 is 0 Å². The van der Waals surface area contributed by atoms with Gasteiger partial charge in [0, 0.05) is 17.1 Å². The van der Waals surface area contributed by atoms with Crippen LogP contribution in [-0.4, -0.2) is 15.2 Å². The van der Waals surface area contributed by atoms with Crippen LogP contribution in [0, 0.1) is 0 Å². The Bertz CT molecular complexity index is 406. The van der Waals surface area contributed by atoms with E-state index in [0.717, 1.165) is 10.9 Å². The van der Waals surface area contributed by atoms with E-state index in [1.807, 2.05) is 6.07 Å². The summed E-state index contributed by atoms with van der Waals surface area (Å²) in [5, 5.41) is 19.2. The van der Waals surface area contributed by atoms with E-state index in [1.165, 1.54) is 0 Å². The van der Waals surface area contributed by atoms with Gasteiger partial charge in [0.25, 0.3) is 0 Å². The van der Waals surface area contributed by atoms with Crippen LogP contribution in [0.2, 0.25) is 0 Å². The Morgan fingerprint density at radius 2 is 2.17 bits per heavy atom. The second-order valence-electron chi connectivity index (χ2n) is 2.67. The summed E-state index contributed by atoms with van der Waals surface area (Å²) in [6.07, 6.45) is 1.70. The molecule has 0 fully saturated rings. The molecule has 0 saturated carbocycles. The lowest BCUT2D eigenvalue weighted by Gasteiger charge is -1.94. The normalized spacial score (nSPS) is 10.8. The molecular formula is C9H9NO2. The number of benzene rings is 1. The Kier molecular flexibility index (Phi) is 1.52. The van der Waals surface area contributed by atoms with Gasteiger partial charge in [-0.2, -0.15) is 0 Å². The van der Waals surface area contributed by atoms with E-state index in [-0.39, 0.29) is 12.4 Å². The zero-order valence-corrected chi connectivity index (χ0v) is 6.41. The van der Waals surface area contributed by atoms with Crippen molar-refractivity contribution >= 4 is 10.9 Å². The fourth-order valence-electron chi connectivity index (χ4n) is 1.33. The number of fused-ring (bicyclic) bond motifs is 1. The Morgan fingerprint density at radius 1 is 1.33 bits per heavy atom. The summed E-state index contributed by atoms with van der Waals surface area (Å²) in [5.74, 6) is 0.215. The van der Waals surface area contributed by atoms with Crippen LogP contribution in [0.3, 0.4) is 0 Å². The zero-order chi connectivity index (χ0) is 8.55. The van der Waals surface area contributed by atoms with E-state index in [4.69, 9.17) is 5.11 Å². The third-order valence-corrected chi connectivity index (χ3v) is 1.95. The maximum Gasteiger partial charge on any atom is 0.139 e. The van der Waals surface area contributed by atoms with Crippen LogP contribution in [0.4, 0.5) is 0 Å². The van der Waals surface area contributed by atoms with Gasteiger partial charge in [-0.3, -0.25) is 0 Å². The summed E-state index contributed by atoms with van der Waals surface area (Å²) in [7, 11) is 0. The predicted molar refractivity (Wildman–Crippen MR) is 45.9 cm³/mol. The van der Waals surface area contributed by atoms with Crippen molar-refractivity contribution in [2.75, 3.05) is 0 Å². The Hall–Kier alpha value is -1.48. The molecule has 1 aromatic heterocycles. The van der Waals surface area contributed by atoms with Crippen molar-refractivity contribution in [1.82, 2.24) is 4.98 Å². The Labute approximate surface area is 69.3 Å². The summed E-state index contributed by atoms with van der Waals surface area (Å²) >= 11 is 0. The van der Waals surface area contributed by atoms with Crippen molar-refractivity contribution in [3.63, 3.8) is 0 Å². The number of phenolic OH excluding ortho intramolecular Hbond substituents is 1. The first-order chi connectivity index (χ1) is 5.83. The van der Waals surface area contributed by atoms with Gasteiger partial charge in [-0.25, -0.2) is 0 Å². The van der Waals surface area contributed by atoms with Crippen molar-refractivity contribution in [3.05, 3.63) is 30.0 Å². The minimum Gasteiger partial charge on any atom is -0.506 e. The second kappa shape index (κ2) is 2.53. The summed E-state index contributed by atoms with van der Waals surface area (Å²) in [6.45, 7) is -0.0105. The number of para-hydroxylation sites is 1. The number of aliphatic hydroxyl groups excluding tert-OH is 1. The van der Waals surface area contributed by atoms with Gasteiger partial charge in [-0.1, -0.05) is 12.1 Å². The number of aliphatic hydroxyl groups is 1. The molecule has 1 aromatic carbocycles. The molecule has 3 N–H and O–H groups in total. The van der Waals surface area contributed by atoms with E-state index in [2.05, 4.69) is 4.98 Å². The van der Waals surface area contributed by atoms with Crippen LogP contribution in [-0.2, 0) is 6.61 Å². The van der Waals surface area contributed by atoms with Gasteiger partial charge < -0.3 is 15.2 Å². The molecule has 0 aliphatic heterocycles. The topological polar surface area (TPSA) is 56.2 Å². The highest BCUT2D eigenvalue weighted by Gasteiger charge is 2.04. The number of phenols is 1. The average Bonchev–Trinajstić information content (AvgIpc) is 2.49. The number of hydrogen-bond acceptors (Lipinski definition) is 2. The van der Waals surface area contributed by atoms with E-state index in [1.54, 1.807) is 18.3 Å². The third kappa shape index (κ3) is 0.871. The Balaban J connectivity index is 2.80. The lowest BCUT2D eigenvalue weighted by molar-refractivity contribution is 0.283. The van der Waals surface area contributed by atoms with Crippen LogP contribution in [0.25, 0.3) is 10.9 Å². The molecule has 2 aromatic rings. The number of aromatic hydroxyl groups is 1. The minimum atomic E-state index is -0.0105. The lowest BCUT2D eigenvalue weighted by Crippen LogP contribution is -1.77. The number of hydrogen-bond donors (Lipinski definition) is 3. The number of H-pyrrole nitrogens is 1. The number of aromatic nitrogens is 1. The highest BCUT2D eigenvalue weighted by molar-refractivity contribution is 5.87. The first kappa shape index (κ1) is 7.18. The molecule has 0 bridgehead atoms. The van der Waals surface area contributed by atoms with Gasteiger partial charge in [-0.15, -0.1) is 0 Å². The van der Waals surface area contributed by atoms with Crippen molar-refractivity contribution in [2.24, 2.45) is 0 Å². The highest BCUT2D eigenvalue weighted by atomic mass is 16.3. The molecule has 0 amide bonds. The van der Waals surface area contributed by atoms with Crippen molar-refractivity contribution in [2.45, 2.75) is 6.61 Å². The first-order valence-corrected chi connectivity index (χ1v) is 3.71. The molecule has 0 unspecified atom stereocenters. The molecule has 0 radical (unpaired) electrons. The molecule has 12 heavy (non-hydrogen) atoms. The molecule has 3 nitrogen and oxygen atoms in total. The average molecular weight is 163 g/mol. The molecule has 0 aliphatic rings. The smallest absolute Gasteiger partial charge is 0.139 e. The van der Waals surface area contributed by atoms with Gasteiger partial charge in [0.2, 0.25) is 0 Å². The standard InChI is InChI=1S/C9H9NO2/c11-5-6-4-10-9-7(6)2-1-3-8(9)12/h1-4,10-12H,5H2. The van der Waals surface area contributed by atoms with Gasteiger partial charge in [-0.05, 0) is 6.07 Å². The quantitative estimate of drug-likeness (QED) is 0.594. The first-order valence-electron chi connectivity index (χ1n) is 3.71. The Morgan fingerprint density at radius 3 is 2.92 bits per heavy atom. The largest absolute Gasteiger partial charge is 0.506 e.